The molecule has 0 aliphatic heterocycles. The number of benzene rings is 3. The summed E-state index contributed by atoms with van der Waals surface area (Å²) in [5.41, 5.74) is 3.95. The van der Waals surface area contributed by atoms with Gasteiger partial charge in [-0.05, 0) is 54.5 Å². The molecule has 0 atom stereocenters. The molecule has 0 heterocycles. The molecular formula is C24H20N4O5. The number of hydrogen-bond donors (Lipinski definition) is 3. The molecule has 0 unspecified atom stereocenters. The predicted octanol–water partition coefficient (Wildman–Crippen LogP) is 3.53. The summed E-state index contributed by atoms with van der Waals surface area (Å²) in [7, 11) is 0. The Balaban J connectivity index is 1.84. The maximum Gasteiger partial charge on any atom is 0.287 e. The molecule has 0 aromatic heterocycles. The SMILES string of the molecule is Cc1cccc(/C=N/NC(=O)/C(=C/c2ccc([N+](=O)[O-])cc2)NC(=O)c2ccccc2)c1O. The molecule has 0 bridgehead atoms. The van der Waals surface area contributed by atoms with Crippen LogP contribution in [0.15, 0.2) is 83.6 Å². The minimum atomic E-state index is -0.721. The molecule has 3 N–H and O–H groups in total. The third kappa shape index (κ3) is 6.11. The Morgan fingerprint density at radius 2 is 1.70 bits per heavy atom. The number of carbonyl (C=O) groups excluding carboxylic acids is 2. The summed E-state index contributed by atoms with van der Waals surface area (Å²) in [5, 5.41) is 27.3. The van der Waals surface area contributed by atoms with E-state index in [4.69, 9.17) is 0 Å². The maximum absolute atomic E-state index is 12.8. The van der Waals surface area contributed by atoms with Crippen molar-refractivity contribution in [1.29, 1.82) is 0 Å². The van der Waals surface area contributed by atoms with Gasteiger partial charge in [0.05, 0.1) is 11.1 Å². The Hall–Kier alpha value is -4.79. The van der Waals surface area contributed by atoms with Gasteiger partial charge in [-0.15, -0.1) is 0 Å². The number of nitrogens with zero attached hydrogens (tertiary/aromatic N) is 2. The Kier molecular flexibility index (Phi) is 7.28. The summed E-state index contributed by atoms with van der Waals surface area (Å²) in [6.45, 7) is 1.73. The number of aromatic hydroxyl groups is 1. The van der Waals surface area contributed by atoms with Gasteiger partial charge in [-0.3, -0.25) is 19.7 Å². The average molecular weight is 444 g/mol. The second-order valence-electron chi connectivity index (χ2n) is 6.94. The lowest BCUT2D eigenvalue weighted by Gasteiger charge is -2.09. The van der Waals surface area contributed by atoms with E-state index in [2.05, 4.69) is 15.8 Å². The van der Waals surface area contributed by atoms with Gasteiger partial charge in [-0.25, -0.2) is 5.43 Å². The molecule has 9 heteroatoms. The number of nitro groups is 1. The fraction of sp³-hybridized carbons (Fsp3) is 0.0417. The van der Waals surface area contributed by atoms with E-state index in [0.717, 1.165) is 0 Å². The number of aryl methyl sites for hydroxylation is 1. The monoisotopic (exact) mass is 444 g/mol. The van der Waals surface area contributed by atoms with E-state index < -0.39 is 16.7 Å². The van der Waals surface area contributed by atoms with Crippen LogP contribution in [0.4, 0.5) is 5.69 Å². The minimum absolute atomic E-state index is 0.0366. The van der Waals surface area contributed by atoms with Gasteiger partial charge in [0.25, 0.3) is 17.5 Å². The van der Waals surface area contributed by atoms with Gasteiger partial charge in [-0.1, -0.05) is 30.3 Å². The maximum atomic E-state index is 12.8. The van der Waals surface area contributed by atoms with Crippen LogP contribution in [0.2, 0.25) is 0 Å². The summed E-state index contributed by atoms with van der Waals surface area (Å²) in [5.74, 6) is -1.20. The van der Waals surface area contributed by atoms with Crippen LogP contribution in [0.25, 0.3) is 6.08 Å². The molecule has 3 aromatic rings. The lowest BCUT2D eigenvalue weighted by molar-refractivity contribution is -0.384. The van der Waals surface area contributed by atoms with E-state index in [9.17, 15) is 24.8 Å². The van der Waals surface area contributed by atoms with Gasteiger partial charge in [0.1, 0.15) is 11.4 Å². The number of nitro benzene ring substituents is 1. The summed E-state index contributed by atoms with van der Waals surface area (Å²) >= 11 is 0. The van der Waals surface area contributed by atoms with Crippen molar-refractivity contribution in [2.24, 2.45) is 5.10 Å². The summed E-state index contributed by atoms with van der Waals surface area (Å²) in [6.07, 6.45) is 2.66. The van der Waals surface area contributed by atoms with Gasteiger partial charge in [0.2, 0.25) is 0 Å². The molecule has 0 spiro atoms. The van der Waals surface area contributed by atoms with Crippen molar-refractivity contribution in [2.45, 2.75) is 6.92 Å². The third-order valence-electron chi connectivity index (χ3n) is 4.58. The highest BCUT2D eigenvalue weighted by atomic mass is 16.6. The second kappa shape index (κ2) is 10.5. The smallest absolute Gasteiger partial charge is 0.287 e. The first-order chi connectivity index (χ1) is 15.8. The number of phenols is 1. The lowest BCUT2D eigenvalue weighted by Crippen LogP contribution is -2.32. The molecule has 3 aromatic carbocycles. The molecule has 9 nitrogen and oxygen atoms in total. The van der Waals surface area contributed by atoms with Gasteiger partial charge in [-0.2, -0.15) is 5.10 Å². The van der Waals surface area contributed by atoms with Crippen molar-refractivity contribution in [3.05, 3.63) is 111 Å². The number of amides is 2. The normalized spacial score (nSPS) is 11.2. The molecule has 0 aliphatic rings. The molecule has 0 fully saturated rings. The molecule has 3 rings (SSSR count). The number of carbonyl (C=O) groups is 2. The van der Waals surface area contributed by atoms with Crippen molar-refractivity contribution in [3.8, 4) is 5.75 Å². The predicted molar refractivity (Wildman–Crippen MR) is 124 cm³/mol. The van der Waals surface area contributed by atoms with Gasteiger partial charge in [0.15, 0.2) is 0 Å². The van der Waals surface area contributed by atoms with Crippen molar-refractivity contribution in [1.82, 2.24) is 10.7 Å². The first-order valence-corrected chi connectivity index (χ1v) is 9.79. The number of nitrogens with one attached hydrogen (secondary N) is 2. The Morgan fingerprint density at radius 3 is 2.36 bits per heavy atom. The van der Waals surface area contributed by atoms with Gasteiger partial charge < -0.3 is 10.4 Å². The highest BCUT2D eigenvalue weighted by molar-refractivity contribution is 6.05. The number of para-hydroxylation sites is 1. The zero-order chi connectivity index (χ0) is 23.8. The minimum Gasteiger partial charge on any atom is -0.507 e. The van der Waals surface area contributed by atoms with Crippen LogP contribution < -0.4 is 10.7 Å². The number of rotatable bonds is 7. The number of hydrazone groups is 1. The Bertz CT molecular complexity index is 1240. The topological polar surface area (TPSA) is 134 Å². The Labute approximate surface area is 189 Å². The molecule has 166 valence electrons. The van der Waals surface area contributed by atoms with Crippen molar-refractivity contribution in [3.63, 3.8) is 0 Å². The Morgan fingerprint density at radius 1 is 1.00 bits per heavy atom. The van der Waals surface area contributed by atoms with Crippen LogP contribution in [-0.2, 0) is 4.79 Å². The number of non-ortho nitro benzene ring substituents is 1. The van der Waals surface area contributed by atoms with Crippen LogP contribution in [0.1, 0.15) is 27.0 Å². The molecular weight excluding hydrogens is 424 g/mol. The molecule has 33 heavy (non-hydrogen) atoms. The first kappa shape index (κ1) is 22.9. The fourth-order valence-electron chi connectivity index (χ4n) is 2.81. The molecule has 2 amide bonds. The zero-order valence-corrected chi connectivity index (χ0v) is 17.6. The lowest BCUT2D eigenvalue weighted by atomic mass is 10.1. The van der Waals surface area contributed by atoms with Crippen LogP contribution >= 0.6 is 0 Å². The quantitative estimate of drug-likeness (QED) is 0.222. The zero-order valence-electron chi connectivity index (χ0n) is 17.6. The van der Waals surface area contributed by atoms with Crippen molar-refractivity contribution >= 4 is 29.8 Å². The van der Waals surface area contributed by atoms with E-state index >= 15 is 0 Å². The molecule has 0 aliphatic carbocycles. The summed E-state index contributed by atoms with van der Waals surface area (Å²) < 4.78 is 0. The molecule has 0 radical (unpaired) electrons. The summed E-state index contributed by atoms with van der Waals surface area (Å²) in [6, 6.07) is 18.9. The van der Waals surface area contributed by atoms with Crippen molar-refractivity contribution in [2.75, 3.05) is 0 Å². The van der Waals surface area contributed by atoms with E-state index in [1.165, 1.54) is 36.6 Å². The van der Waals surface area contributed by atoms with Crippen LogP contribution in [0.3, 0.4) is 0 Å². The number of phenolic OH excluding ortho intramolecular Hbond substituents is 1. The van der Waals surface area contributed by atoms with E-state index in [1.807, 2.05) is 0 Å². The highest BCUT2D eigenvalue weighted by Gasteiger charge is 2.15. The summed E-state index contributed by atoms with van der Waals surface area (Å²) in [4.78, 5) is 35.7. The van der Waals surface area contributed by atoms with E-state index in [-0.39, 0.29) is 17.1 Å². The van der Waals surface area contributed by atoms with Gasteiger partial charge in [0, 0.05) is 23.3 Å². The van der Waals surface area contributed by atoms with Crippen LogP contribution in [0.5, 0.6) is 5.75 Å². The van der Waals surface area contributed by atoms with E-state index in [1.54, 1.807) is 55.5 Å². The standard InChI is InChI=1S/C24H20N4O5/c1-16-6-5-9-19(22(16)29)15-25-27-24(31)21(26-23(30)18-7-3-2-4-8-18)14-17-10-12-20(13-11-17)28(32)33/h2-15,29H,1H3,(H,26,30)(H,27,31)/b21-14-,25-15+. The van der Waals surface area contributed by atoms with Gasteiger partial charge >= 0.3 is 0 Å². The van der Waals surface area contributed by atoms with Crippen molar-refractivity contribution < 1.29 is 19.6 Å². The fourth-order valence-corrected chi connectivity index (χ4v) is 2.81. The molecule has 0 saturated heterocycles. The van der Waals surface area contributed by atoms with Crippen LogP contribution in [0, 0.1) is 17.0 Å². The highest BCUT2D eigenvalue weighted by Crippen LogP contribution is 2.19. The first-order valence-electron chi connectivity index (χ1n) is 9.79. The molecule has 0 saturated carbocycles. The second-order valence-corrected chi connectivity index (χ2v) is 6.94. The van der Waals surface area contributed by atoms with Crippen LogP contribution in [-0.4, -0.2) is 28.1 Å². The third-order valence-corrected chi connectivity index (χ3v) is 4.58. The number of hydrogen-bond acceptors (Lipinski definition) is 6. The average Bonchev–Trinajstić information content (AvgIpc) is 2.82. The van der Waals surface area contributed by atoms with E-state index in [0.29, 0.717) is 22.3 Å². The largest absolute Gasteiger partial charge is 0.507 e.